The van der Waals surface area contributed by atoms with Crippen LogP contribution in [0.15, 0.2) is 75.9 Å². The Morgan fingerprint density at radius 1 is 1.08 bits per heavy atom. The van der Waals surface area contributed by atoms with Gasteiger partial charge in [0, 0.05) is 30.3 Å². The standard InChI is InChI=1S/C30H30N2O4/c1-18-15-24(20(3)31-26-12-8-7-11-23(26)30(34)35)28-25(16-18)27(33)19(2)29(36-28)32-14-13-22(17-32)21-9-5-4-6-10-21/h4-12,15-16,20,22,31H,13-14,17H2,1-3H3,(H,34,35)/t20?,22-/m0/s1. The van der Waals surface area contributed by atoms with Gasteiger partial charge < -0.3 is 19.7 Å². The minimum atomic E-state index is -0.995. The zero-order valence-electron chi connectivity index (χ0n) is 20.7. The van der Waals surface area contributed by atoms with Gasteiger partial charge in [-0.25, -0.2) is 4.79 Å². The van der Waals surface area contributed by atoms with E-state index in [2.05, 4.69) is 34.5 Å². The van der Waals surface area contributed by atoms with Crippen molar-refractivity contribution >= 4 is 28.5 Å². The number of carbonyl (C=O) groups is 1. The van der Waals surface area contributed by atoms with E-state index in [1.54, 1.807) is 24.3 Å². The average Bonchev–Trinajstić information content (AvgIpc) is 3.37. The Labute approximate surface area is 210 Å². The van der Waals surface area contributed by atoms with E-state index in [9.17, 15) is 14.7 Å². The minimum Gasteiger partial charge on any atom is -0.478 e. The highest BCUT2D eigenvalue weighted by atomic mass is 16.4. The summed E-state index contributed by atoms with van der Waals surface area (Å²) >= 11 is 0. The quantitative estimate of drug-likeness (QED) is 0.337. The van der Waals surface area contributed by atoms with Crippen LogP contribution in [0.25, 0.3) is 11.0 Å². The van der Waals surface area contributed by atoms with Gasteiger partial charge in [0.05, 0.1) is 22.6 Å². The number of hydrogen-bond acceptors (Lipinski definition) is 5. The van der Waals surface area contributed by atoms with Crippen LogP contribution >= 0.6 is 0 Å². The molecule has 1 fully saturated rings. The Morgan fingerprint density at radius 3 is 2.56 bits per heavy atom. The molecule has 0 spiro atoms. The van der Waals surface area contributed by atoms with Gasteiger partial charge >= 0.3 is 5.97 Å². The summed E-state index contributed by atoms with van der Waals surface area (Å²) < 4.78 is 6.53. The summed E-state index contributed by atoms with van der Waals surface area (Å²) in [5.41, 5.74) is 4.91. The van der Waals surface area contributed by atoms with Crippen molar-refractivity contribution in [3.63, 3.8) is 0 Å². The van der Waals surface area contributed by atoms with Crippen molar-refractivity contribution in [3.05, 3.63) is 105 Å². The molecule has 6 heteroatoms. The molecule has 0 bridgehead atoms. The van der Waals surface area contributed by atoms with E-state index in [1.807, 2.05) is 39.0 Å². The molecular formula is C30H30N2O4. The molecule has 0 aliphatic carbocycles. The Morgan fingerprint density at radius 2 is 1.81 bits per heavy atom. The number of aromatic carboxylic acids is 1. The highest BCUT2D eigenvalue weighted by Gasteiger charge is 2.28. The molecule has 184 valence electrons. The first-order chi connectivity index (χ1) is 17.3. The van der Waals surface area contributed by atoms with Gasteiger partial charge in [-0.1, -0.05) is 48.5 Å². The molecule has 1 saturated heterocycles. The number of nitrogens with one attached hydrogen (secondary N) is 1. The summed E-state index contributed by atoms with van der Waals surface area (Å²) in [7, 11) is 0. The normalized spacial score (nSPS) is 16.3. The first-order valence-electron chi connectivity index (χ1n) is 12.3. The van der Waals surface area contributed by atoms with E-state index in [0.717, 1.165) is 30.6 Å². The van der Waals surface area contributed by atoms with E-state index in [4.69, 9.17) is 4.42 Å². The fourth-order valence-electron chi connectivity index (χ4n) is 5.23. The second-order valence-electron chi connectivity index (χ2n) is 9.65. The molecule has 2 heterocycles. The van der Waals surface area contributed by atoms with Crippen molar-refractivity contribution in [1.29, 1.82) is 0 Å². The molecule has 36 heavy (non-hydrogen) atoms. The number of anilines is 2. The summed E-state index contributed by atoms with van der Waals surface area (Å²) in [6.45, 7) is 7.35. The third-order valence-corrected chi connectivity index (χ3v) is 7.11. The van der Waals surface area contributed by atoms with E-state index in [1.165, 1.54) is 5.56 Å². The van der Waals surface area contributed by atoms with Gasteiger partial charge in [0.25, 0.3) is 0 Å². The van der Waals surface area contributed by atoms with Crippen molar-refractivity contribution in [3.8, 4) is 0 Å². The second kappa shape index (κ2) is 9.53. The van der Waals surface area contributed by atoms with Crippen LogP contribution in [-0.4, -0.2) is 24.2 Å². The molecule has 3 aromatic carbocycles. The Hall–Kier alpha value is -4.06. The molecule has 0 radical (unpaired) electrons. The summed E-state index contributed by atoms with van der Waals surface area (Å²) in [6, 6.07) is 20.9. The average molecular weight is 483 g/mol. The topological polar surface area (TPSA) is 82.8 Å². The van der Waals surface area contributed by atoms with Crippen LogP contribution < -0.4 is 15.6 Å². The van der Waals surface area contributed by atoms with Gasteiger partial charge in [0.1, 0.15) is 5.58 Å². The molecule has 4 aromatic rings. The van der Waals surface area contributed by atoms with Crippen molar-refractivity contribution in [2.24, 2.45) is 0 Å². The van der Waals surface area contributed by atoms with Gasteiger partial charge in [0.2, 0.25) is 5.88 Å². The highest BCUT2D eigenvalue weighted by molar-refractivity contribution is 5.94. The number of carboxylic acids is 1. The monoisotopic (exact) mass is 482 g/mol. The number of benzene rings is 3. The number of aryl methyl sites for hydroxylation is 1. The Bertz CT molecular complexity index is 1490. The molecule has 0 saturated carbocycles. The van der Waals surface area contributed by atoms with E-state index in [-0.39, 0.29) is 17.0 Å². The molecule has 6 nitrogen and oxygen atoms in total. The third-order valence-electron chi connectivity index (χ3n) is 7.11. The van der Waals surface area contributed by atoms with Crippen molar-refractivity contribution in [2.45, 2.75) is 39.2 Å². The molecule has 2 atom stereocenters. The predicted octanol–water partition coefficient (Wildman–Crippen LogP) is 6.28. The summed E-state index contributed by atoms with van der Waals surface area (Å²) in [5.74, 6) is 0.0113. The van der Waals surface area contributed by atoms with E-state index in [0.29, 0.717) is 34.0 Å². The molecule has 2 N–H and O–H groups in total. The fraction of sp³-hybridized carbons (Fsp3) is 0.267. The maximum Gasteiger partial charge on any atom is 0.337 e. The van der Waals surface area contributed by atoms with E-state index < -0.39 is 5.97 Å². The molecular weight excluding hydrogens is 452 g/mol. The lowest BCUT2D eigenvalue weighted by Gasteiger charge is -2.22. The summed E-state index contributed by atoms with van der Waals surface area (Å²) in [5, 5.41) is 13.5. The first-order valence-corrected chi connectivity index (χ1v) is 12.3. The fourth-order valence-corrected chi connectivity index (χ4v) is 5.23. The minimum absolute atomic E-state index is 0.0301. The molecule has 5 rings (SSSR count). The van der Waals surface area contributed by atoms with Gasteiger partial charge in [-0.3, -0.25) is 4.79 Å². The van der Waals surface area contributed by atoms with Gasteiger partial charge in [0.15, 0.2) is 5.43 Å². The maximum absolute atomic E-state index is 13.5. The van der Waals surface area contributed by atoms with Crippen molar-refractivity contribution in [1.82, 2.24) is 0 Å². The van der Waals surface area contributed by atoms with Crippen LogP contribution in [0, 0.1) is 13.8 Å². The van der Waals surface area contributed by atoms with Crippen LogP contribution in [-0.2, 0) is 0 Å². The summed E-state index contributed by atoms with van der Waals surface area (Å²) in [6.07, 6.45) is 0.996. The lowest BCUT2D eigenvalue weighted by molar-refractivity contribution is 0.0698. The van der Waals surface area contributed by atoms with Crippen LogP contribution in [0.4, 0.5) is 11.6 Å². The molecule has 1 unspecified atom stereocenters. The van der Waals surface area contributed by atoms with Crippen LogP contribution in [0.2, 0.25) is 0 Å². The molecule has 1 aliphatic rings. The van der Waals surface area contributed by atoms with Gasteiger partial charge in [-0.05, 0) is 56.5 Å². The molecule has 0 amide bonds. The lowest BCUT2D eigenvalue weighted by Crippen LogP contribution is -2.23. The van der Waals surface area contributed by atoms with Crippen LogP contribution in [0.1, 0.15) is 57.9 Å². The van der Waals surface area contributed by atoms with Crippen molar-refractivity contribution in [2.75, 3.05) is 23.3 Å². The molecule has 1 aromatic heterocycles. The predicted molar refractivity (Wildman–Crippen MR) is 143 cm³/mol. The number of para-hydroxylation sites is 1. The van der Waals surface area contributed by atoms with E-state index >= 15 is 0 Å². The number of nitrogens with zero attached hydrogens (tertiary/aromatic N) is 1. The van der Waals surface area contributed by atoms with Crippen LogP contribution in [0.5, 0.6) is 0 Å². The maximum atomic E-state index is 13.5. The van der Waals surface area contributed by atoms with Crippen molar-refractivity contribution < 1.29 is 14.3 Å². The lowest BCUT2D eigenvalue weighted by atomic mass is 9.99. The highest BCUT2D eigenvalue weighted by Crippen LogP contribution is 2.35. The van der Waals surface area contributed by atoms with Gasteiger partial charge in [-0.15, -0.1) is 0 Å². The SMILES string of the molecule is Cc1cc(C(C)Nc2ccccc2C(=O)O)c2oc(N3CC[C@H](c4ccccc4)C3)c(C)c(=O)c2c1. The smallest absolute Gasteiger partial charge is 0.337 e. The Kier molecular flexibility index (Phi) is 6.27. The zero-order valence-corrected chi connectivity index (χ0v) is 20.7. The molecule has 1 aliphatic heterocycles. The van der Waals surface area contributed by atoms with Gasteiger partial charge in [-0.2, -0.15) is 0 Å². The first kappa shape index (κ1) is 23.7. The number of rotatable bonds is 6. The number of hydrogen-bond donors (Lipinski definition) is 2. The zero-order chi connectivity index (χ0) is 25.4. The largest absolute Gasteiger partial charge is 0.478 e. The second-order valence-corrected chi connectivity index (χ2v) is 9.65. The number of carboxylic acid groups (broad SMARTS) is 1. The van der Waals surface area contributed by atoms with Crippen LogP contribution in [0.3, 0.4) is 0 Å². The number of fused-ring (bicyclic) bond motifs is 1. The third kappa shape index (κ3) is 4.35. The summed E-state index contributed by atoms with van der Waals surface area (Å²) in [4.78, 5) is 27.4. The Balaban J connectivity index is 1.55.